The minimum absolute atomic E-state index is 0.394. The highest BCUT2D eigenvalue weighted by Crippen LogP contribution is 2.18. The number of nitrogens with zero attached hydrogens (tertiary/aromatic N) is 1. The smallest absolute Gasteiger partial charge is 0.120 e. The van der Waals surface area contributed by atoms with Crippen molar-refractivity contribution in [2.24, 2.45) is 0 Å². The van der Waals surface area contributed by atoms with Gasteiger partial charge in [0.25, 0.3) is 0 Å². The van der Waals surface area contributed by atoms with Crippen molar-refractivity contribution >= 4 is 33.3 Å². The second-order valence-electron chi connectivity index (χ2n) is 5.09. The largest absolute Gasteiger partial charge is 0.493 e. The summed E-state index contributed by atoms with van der Waals surface area (Å²) < 4.78 is 17.9. The van der Waals surface area contributed by atoms with E-state index in [0.29, 0.717) is 28.9 Å². The third kappa shape index (κ3) is 4.30. The molecule has 0 fully saturated rings. The van der Waals surface area contributed by atoms with Crippen LogP contribution in [0.2, 0.25) is 5.02 Å². The van der Waals surface area contributed by atoms with Crippen molar-refractivity contribution in [1.29, 1.82) is 0 Å². The van der Waals surface area contributed by atoms with Gasteiger partial charge in [-0.25, -0.2) is 0 Å². The van der Waals surface area contributed by atoms with E-state index in [1.165, 1.54) is 0 Å². The monoisotopic (exact) mass is 345 g/mol. The van der Waals surface area contributed by atoms with Gasteiger partial charge in [0.1, 0.15) is 5.75 Å². The van der Waals surface area contributed by atoms with Crippen molar-refractivity contribution in [2.75, 3.05) is 12.4 Å². The Kier molecular flexibility index (Phi) is 5.26. The van der Waals surface area contributed by atoms with Crippen molar-refractivity contribution in [3.05, 3.63) is 71.4 Å². The van der Waals surface area contributed by atoms with Gasteiger partial charge in [-0.3, -0.25) is 9.19 Å². The Labute approximate surface area is 142 Å². The number of fused-ring (bicyclic) bond motifs is 1. The van der Waals surface area contributed by atoms with Crippen molar-refractivity contribution in [3.8, 4) is 5.75 Å². The molecule has 1 heterocycles. The molecule has 3 rings (SSSR count). The fraction of sp³-hybridized carbons (Fsp3) is 0.167. The zero-order chi connectivity index (χ0) is 16.1. The molecule has 0 aliphatic heterocycles. The number of aromatic nitrogens is 1. The summed E-state index contributed by atoms with van der Waals surface area (Å²) in [6, 6.07) is 17.1. The van der Waals surface area contributed by atoms with Crippen LogP contribution in [0.25, 0.3) is 10.9 Å². The van der Waals surface area contributed by atoms with Gasteiger partial charge >= 0.3 is 0 Å². The number of pyridine rings is 1. The Hall–Kier alpha value is -1.91. The van der Waals surface area contributed by atoms with Crippen LogP contribution in [-0.4, -0.2) is 21.6 Å². The van der Waals surface area contributed by atoms with E-state index in [1.54, 1.807) is 18.3 Å². The van der Waals surface area contributed by atoms with E-state index >= 15 is 0 Å². The van der Waals surface area contributed by atoms with Gasteiger partial charge < -0.3 is 4.74 Å². The Morgan fingerprint density at radius 1 is 1.09 bits per heavy atom. The van der Waals surface area contributed by atoms with Crippen LogP contribution < -0.4 is 4.74 Å². The molecule has 0 saturated carbocycles. The summed E-state index contributed by atoms with van der Waals surface area (Å²) in [6.07, 6.45) is 1.76. The lowest BCUT2D eigenvalue weighted by Crippen LogP contribution is -2.10. The van der Waals surface area contributed by atoms with E-state index < -0.39 is 10.8 Å². The maximum Gasteiger partial charge on any atom is 0.120 e. The SMILES string of the molecule is O=S(CCOc1cccc(Cl)c1)Cc1cccc2cccnc12. The quantitative estimate of drug-likeness (QED) is 0.671. The fourth-order valence-electron chi connectivity index (χ4n) is 2.34. The van der Waals surface area contributed by atoms with Crippen LogP contribution >= 0.6 is 11.6 Å². The predicted molar refractivity (Wildman–Crippen MR) is 95.4 cm³/mol. The molecule has 1 unspecified atom stereocenters. The third-order valence-corrected chi connectivity index (χ3v) is 4.90. The molecular weight excluding hydrogens is 330 g/mol. The molecule has 0 amide bonds. The Balaban J connectivity index is 1.59. The van der Waals surface area contributed by atoms with E-state index in [1.807, 2.05) is 42.5 Å². The standard InChI is InChI=1S/C18H16ClNO2S/c19-16-7-2-8-17(12-16)22-10-11-23(21)13-15-5-1-4-14-6-3-9-20-18(14)15/h1-9,12H,10-11,13H2. The van der Waals surface area contributed by atoms with Gasteiger partial charge in [-0.2, -0.15) is 0 Å². The molecule has 1 aromatic heterocycles. The molecular formula is C18H16ClNO2S. The van der Waals surface area contributed by atoms with Crippen molar-refractivity contribution in [1.82, 2.24) is 4.98 Å². The number of halogens is 1. The maximum absolute atomic E-state index is 12.3. The average molecular weight is 346 g/mol. The number of benzene rings is 2. The molecule has 118 valence electrons. The second-order valence-corrected chi connectivity index (χ2v) is 7.10. The van der Waals surface area contributed by atoms with Crippen LogP contribution in [0, 0.1) is 0 Å². The summed E-state index contributed by atoms with van der Waals surface area (Å²) in [5, 5.41) is 1.70. The van der Waals surface area contributed by atoms with Crippen LogP contribution in [0.1, 0.15) is 5.56 Å². The highest BCUT2D eigenvalue weighted by atomic mass is 35.5. The number of rotatable bonds is 6. The Morgan fingerprint density at radius 3 is 2.78 bits per heavy atom. The first-order valence-corrected chi connectivity index (χ1v) is 9.15. The van der Waals surface area contributed by atoms with Gasteiger partial charge in [0, 0.05) is 27.4 Å². The van der Waals surface area contributed by atoms with Crippen LogP contribution in [0.3, 0.4) is 0 Å². The molecule has 3 nitrogen and oxygen atoms in total. The molecule has 0 radical (unpaired) electrons. The number of hydrogen-bond acceptors (Lipinski definition) is 3. The summed E-state index contributed by atoms with van der Waals surface area (Å²) in [5.74, 6) is 1.64. The zero-order valence-corrected chi connectivity index (χ0v) is 14.0. The summed E-state index contributed by atoms with van der Waals surface area (Å²) in [6.45, 7) is 0.394. The highest BCUT2D eigenvalue weighted by Gasteiger charge is 2.07. The average Bonchev–Trinajstić information content (AvgIpc) is 2.55. The van der Waals surface area contributed by atoms with Crippen LogP contribution in [0.5, 0.6) is 5.75 Å². The summed E-state index contributed by atoms with van der Waals surface area (Å²) >= 11 is 5.90. The maximum atomic E-state index is 12.3. The molecule has 23 heavy (non-hydrogen) atoms. The first-order chi connectivity index (χ1) is 11.2. The third-order valence-electron chi connectivity index (χ3n) is 3.41. The molecule has 2 aromatic carbocycles. The van der Waals surface area contributed by atoms with Gasteiger partial charge in [-0.1, -0.05) is 41.9 Å². The normalized spacial score (nSPS) is 12.2. The van der Waals surface area contributed by atoms with Gasteiger partial charge in [-0.15, -0.1) is 0 Å². The predicted octanol–water partition coefficient (Wildman–Crippen LogP) is 4.22. The van der Waals surface area contributed by atoms with E-state index in [-0.39, 0.29) is 0 Å². The second kappa shape index (κ2) is 7.57. The van der Waals surface area contributed by atoms with Crippen LogP contribution in [-0.2, 0) is 16.6 Å². The Bertz CT molecular complexity index is 833. The van der Waals surface area contributed by atoms with Crippen molar-refractivity contribution < 1.29 is 8.95 Å². The lowest BCUT2D eigenvalue weighted by atomic mass is 10.1. The van der Waals surface area contributed by atoms with Gasteiger partial charge in [0.2, 0.25) is 0 Å². The first kappa shape index (κ1) is 16.0. The zero-order valence-electron chi connectivity index (χ0n) is 12.4. The topological polar surface area (TPSA) is 39.2 Å². The van der Waals surface area contributed by atoms with Gasteiger partial charge in [0.15, 0.2) is 0 Å². The molecule has 0 spiro atoms. The molecule has 0 N–H and O–H groups in total. The number of hydrogen-bond donors (Lipinski definition) is 0. The molecule has 0 bridgehead atoms. The van der Waals surface area contributed by atoms with Gasteiger partial charge in [0.05, 0.1) is 23.6 Å². The molecule has 1 atom stereocenters. The molecule has 0 saturated heterocycles. The fourth-order valence-corrected chi connectivity index (χ4v) is 3.51. The Morgan fingerprint density at radius 2 is 1.91 bits per heavy atom. The summed E-state index contributed by atoms with van der Waals surface area (Å²) in [7, 11) is -1.00. The summed E-state index contributed by atoms with van der Waals surface area (Å²) in [4.78, 5) is 4.39. The lowest BCUT2D eigenvalue weighted by Gasteiger charge is -2.08. The number of ether oxygens (including phenoxy) is 1. The van der Waals surface area contributed by atoms with Crippen molar-refractivity contribution in [2.45, 2.75) is 5.75 Å². The van der Waals surface area contributed by atoms with Crippen molar-refractivity contribution in [3.63, 3.8) is 0 Å². The molecule has 0 aliphatic rings. The minimum Gasteiger partial charge on any atom is -0.493 e. The van der Waals surface area contributed by atoms with E-state index in [2.05, 4.69) is 4.98 Å². The lowest BCUT2D eigenvalue weighted by molar-refractivity contribution is 0.342. The van der Waals surface area contributed by atoms with E-state index in [0.717, 1.165) is 16.5 Å². The number of para-hydroxylation sites is 1. The first-order valence-electron chi connectivity index (χ1n) is 7.28. The van der Waals surface area contributed by atoms with Crippen LogP contribution in [0.15, 0.2) is 60.8 Å². The molecule has 5 heteroatoms. The van der Waals surface area contributed by atoms with E-state index in [9.17, 15) is 4.21 Å². The summed E-state index contributed by atoms with van der Waals surface area (Å²) in [5.41, 5.74) is 1.92. The van der Waals surface area contributed by atoms with Gasteiger partial charge in [-0.05, 0) is 29.8 Å². The molecule has 0 aliphatic carbocycles. The highest BCUT2D eigenvalue weighted by molar-refractivity contribution is 7.84. The molecule has 3 aromatic rings. The minimum atomic E-state index is -1.00. The van der Waals surface area contributed by atoms with E-state index in [4.69, 9.17) is 16.3 Å². The van der Waals surface area contributed by atoms with Crippen LogP contribution in [0.4, 0.5) is 0 Å².